The second kappa shape index (κ2) is 11.5. The van der Waals surface area contributed by atoms with E-state index in [2.05, 4.69) is 39.0 Å². The zero-order valence-corrected chi connectivity index (χ0v) is 17.2. The highest BCUT2D eigenvalue weighted by molar-refractivity contribution is 7.10. The van der Waals surface area contributed by atoms with Crippen LogP contribution in [-0.4, -0.2) is 56.9 Å². The Hall–Kier alpha value is -2.53. The number of ether oxygens (including phenoxy) is 2. The van der Waals surface area contributed by atoms with Crippen LogP contribution in [0.15, 0.2) is 41.8 Å². The van der Waals surface area contributed by atoms with Crippen LogP contribution in [0.4, 0.5) is 4.79 Å². The summed E-state index contributed by atoms with van der Waals surface area (Å²) in [4.78, 5) is 15.9. The van der Waals surface area contributed by atoms with Gasteiger partial charge in [0, 0.05) is 31.1 Å². The standard InChI is InChI=1S/C22H27N3O3S/c1-2-13-28-19-7-5-18(6-8-19)9-10-23-22(26)24-17-20(21-4-3-16-29-21)25-11-14-27-15-12-25/h1,3-8,16,20H,9-15,17H2,(H2,23,24,26). The minimum Gasteiger partial charge on any atom is -0.481 e. The molecule has 2 heterocycles. The van der Waals surface area contributed by atoms with Gasteiger partial charge in [0.1, 0.15) is 12.4 Å². The Labute approximate surface area is 176 Å². The summed E-state index contributed by atoms with van der Waals surface area (Å²) in [6.07, 6.45) is 5.94. The Morgan fingerprint density at radius 2 is 2.03 bits per heavy atom. The number of rotatable bonds is 9. The maximum absolute atomic E-state index is 12.3. The van der Waals surface area contributed by atoms with Crippen LogP contribution >= 0.6 is 11.3 Å². The van der Waals surface area contributed by atoms with E-state index < -0.39 is 0 Å². The van der Waals surface area contributed by atoms with E-state index in [1.807, 2.05) is 24.3 Å². The van der Waals surface area contributed by atoms with Crippen molar-refractivity contribution >= 4 is 17.4 Å². The first-order chi connectivity index (χ1) is 14.3. The molecule has 0 bridgehead atoms. The van der Waals surface area contributed by atoms with Gasteiger partial charge in [-0.05, 0) is 35.6 Å². The van der Waals surface area contributed by atoms with Crippen LogP contribution in [0.5, 0.6) is 5.75 Å². The number of morpholine rings is 1. The van der Waals surface area contributed by atoms with Crippen molar-refractivity contribution in [2.24, 2.45) is 0 Å². The maximum atomic E-state index is 12.3. The monoisotopic (exact) mass is 413 g/mol. The number of carbonyl (C=O) groups is 1. The molecule has 29 heavy (non-hydrogen) atoms. The number of terminal acetylenes is 1. The Morgan fingerprint density at radius 1 is 1.24 bits per heavy atom. The van der Waals surface area contributed by atoms with Crippen molar-refractivity contribution in [1.82, 2.24) is 15.5 Å². The molecule has 154 valence electrons. The molecule has 6 nitrogen and oxygen atoms in total. The summed E-state index contributed by atoms with van der Waals surface area (Å²) in [5.41, 5.74) is 1.13. The number of urea groups is 1. The van der Waals surface area contributed by atoms with Crippen molar-refractivity contribution in [2.75, 3.05) is 46.0 Å². The Morgan fingerprint density at radius 3 is 2.72 bits per heavy atom. The van der Waals surface area contributed by atoms with Gasteiger partial charge in [-0.15, -0.1) is 17.8 Å². The minimum absolute atomic E-state index is 0.145. The van der Waals surface area contributed by atoms with Crippen LogP contribution in [-0.2, 0) is 11.2 Å². The Balaban J connectivity index is 1.41. The second-order valence-electron chi connectivity index (χ2n) is 6.70. The lowest BCUT2D eigenvalue weighted by Gasteiger charge is -2.34. The van der Waals surface area contributed by atoms with E-state index in [-0.39, 0.29) is 18.7 Å². The summed E-state index contributed by atoms with van der Waals surface area (Å²) in [7, 11) is 0. The Kier molecular flexibility index (Phi) is 8.38. The summed E-state index contributed by atoms with van der Waals surface area (Å²) in [6.45, 7) is 4.64. The normalized spacial score (nSPS) is 15.3. The lowest BCUT2D eigenvalue weighted by molar-refractivity contribution is 0.0174. The van der Waals surface area contributed by atoms with Gasteiger partial charge in [-0.1, -0.05) is 24.1 Å². The summed E-state index contributed by atoms with van der Waals surface area (Å²) in [6, 6.07) is 12.0. The first kappa shape index (κ1) is 21.2. The Bertz CT molecular complexity index is 781. The molecule has 3 rings (SSSR count). The molecule has 7 heteroatoms. The molecule has 1 aromatic carbocycles. The highest BCUT2D eigenvalue weighted by Gasteiger charge is 2.23. The molecule has 1 saturated heterocycles. The number of carbonyl (C=O) groups excluding carboxylic acids is 1. The molecule has 2 aromatic rings. The first-order valence-electron chi connectivity index (χ1n) is 9.78. The van der Waals surface area contributed by atoms with E-state index in [1.54, 1.807) is 11.3 Å². The van der Waals surface area contributed by atoms with Crippen LogP contribution in [0.3, 0.4) is 0 Å². The smallest absolute Gasteiger partial charge is 0.314 e. The third-order valence-corrected chi connectivity index (χ3v) is 5.73. The molecule has 0 spiro atoms. The van der Waals surface area contributed by atoms with Crippen molar-refractivity contribution in [1.29, 1.82) is 0 Å². The van der Waals surface area contributed by atoms with Gasteiger partial charge in [-0.2, -0.15) is 0 Å². The van der Waals surface area contributed by atoms with Crippen molar-refractivity contribution in [3.8, 4) is 18.1 Å². The summed E-state index contributed by atoms with van der Waals surface area (Å²) >= 11 is 1.72. The van der Waals surface area contributed by atoms with Crippen molar-refractivity contribution in [3.05, 3.63) is 52.2 Å². The van der Waals surface area contributed by atoms with Gasteiger partial charge in [0.2, 0.25) is 0 Å². The number of nitrogens with zero attached hydrogens (tertiary/aromatic N) is 1. The zero-order chi connectivity index (χ0) is 20.3. The van der Waals surface area contributed by atoms with E-state index in [0.29, 0.717) is 13.1 Å². The van der Waals surface area contributed by atoms with Gasteiger partial charge in [0.25, 0.3) is 0 Å². The number of thiophene rings is 1. The molecule has 1 aliphatic rings. The summed E-state index contributed by atoms with van der Waals surface area (Å²) in [5.74, 6) is 3.19. The fraction of sp³-hybridized carbons (Fsp3) is 0.409. The highest BCUT2D eigenvalue weighted by atomic mass is 32.1. The lowest BCUT2D eigenvalue weighted by Crippen LogP contribution is -2.45. The van der Waals surface area contributed by atoms with Crippen LogP contribution < -0.4 is 15.4 Å². The van der Waals surface area contributed by atoms with Gasteiger partial charge in [-0.3, -0.25) is 4.90 Å². The SMILES string of the molecule is C#CCOc1ccc(CCNC(=O)NCC(c2cccs2)N2CCOCC2)cc1. The number of hydrogen-bond donors (Lipinski definition) is 2. The number of nitrogens with one attached hydrogen (secondary N) is 2. The quantitative estimate of drug-likeness (QED) is 0.621. The lowest BCUT2D eigenvalue weighted by atomic mass is 10.1. The van der Waals surface area contributed by atoms with E-state index in [9.17, 15) is 4.79 Å². The summed E-state index contributed by atoms with van der Waals surface area (Å²) in [5, 5.41) is 8.03. The van der Waals surface area contributed by atoms with Crippen LogP contribution in [0.2, 0.25) is 0 Å². The number of hydrogen-bond acceptors (Lipinski definition) is 5. The molecule has 0 radical (unpaired) electrons. The van der Waals surface area contributed by atoms with E-state index in [0.717, 1.165) is 44.0 Å². The second-order valence-corrected chi connectivity index (χ2v) is 7.68. The molecule has 0 aliphatic carbocycles. The topological polar surface area (TPSA) is 62.8 Å². The molecule has 1 aromatic heterocycles. The maximum Gasteiger partial charge on any atom is 0.314 e. The largest absolute Gasteiger partial charge is 0.481 e. The van der Waals surface area contributed by atoms with E-state index in [1.165, 1.54) is 4.88 Å². The predicted octanol–water partition coefficient (Wildman–Crippen LogP) is 2.68. The average Bonchev–Trinajstić information content (AvgIpc) is 3.29. The van der Waals surface area contributed by atoms with Crippen LogP contribution in [0.1, 0.15) is 16.5 Å². The van der Waals surface area contributed by atoms with Gasteiger partial charge >= 0.3 is 6.03 Å². The number of benzene rings is 1. The van der Waals surface area contributed by atoms with Crippen molar-refractivity contribution < 1.29 is 14.3 Å². The van der Waals surface area contributed by atoms with Gasteiger partial charge in [0.15, 0.2) is 0 Å². The molecule has 1 aliphatic heterocycles. The molecular formula is C22H27N3O3S. The molecule has 1 unspecified atom stereocenters. The molecule has 2 amide bonds. The van der Waals surface area contributed by atoms with Gasteiger partial charge in [-0.25, -0.2) is 4.79 Å². The zero-order valence-electron chi connectivity index (χ0n) is 16.4. The van der Waals surface area contributed by atoms with Gasteiger partial charge < -0.3 is 20.1 Å². The first-order valence-corrected chi connectivity index (χ1v) is 10.7. The van der Waals surface area contributed by atoms with Crippen LogP contribution in [0.25, 0.3) is 0 Å². The van der Waals surface area contributed by atoms with Gasteiger partial charge in [0.05, 0.1) is 19.3 Å². The average molecular weight is 414 g/mol. The van der Waals surface area contributed by atoms with Crippen molar-refractivity contribution in [2.45, 2.75) is 12.5 Å². The molecule has 1 atom stereocenters. The third kappa shape index (κ3) is 6.79. The fourth-order valence-electron chi connectivity index (χ4n) is 3.23. The van der Waals surface area contributed by atoms with E-state index in [4.69, 9.17) is 15.9 Å². The van der Waals surface area contributed by atoms with E-state index >= 15 is 0 Å². The third-order valence-electron chi connectivity index (χ3n) is 4.76. The molecular weight excluding hydrogens is 386 g/mol. The highest BCUT2D eigenvalue weighted by Crippen LogP contribution is 2.25. The molecule has 0 saturated carbocycles. The summed E-state index contributed by atoms with van der Waals surface area (Å²) < 4.78 is 10.8. The van der Waals surface area contributed by atoms with Crippen LogP contribution in [0, 0.1) is 12.3 Å². The molecule has 1 fully saturated rings. The molecule has 2 N–H and O–H groups in total. The van der Waals surface area contributed by atoms with Crippen molar-refractivity contribution in [3.63, 3.8) is 0 Å². The predicted molar refractivity (Wildman–Crippen MR) is 115 cm³/mol. The minimum atomic E-state index is -0.145. The fourth-order valence-corrected chi connectivity index (χ4v) is 4.09. The number of amides is 2.